The zero-order valence-corrected chi connectivity index (χ0v) is 16.9. The maximum Gasteiger partial charge on any atom is 0.234 e. The molecule has 0 saturated carbocycles. The predicted molar refractivity (Wildman–Crippen MR) is 109 cm³/mol. The van der Waals surface area contributed by atoms with E-state index in [4.69, 9.17) is 11.6 Å². The van der Waals surface area contributed by atoms with E-state index in [1.54, 1.807) is 12.4 Å². The summed E-state index contributed by atoms with van der Waals surface area (Å²) < 4.78 is 1.98. The molecule has 3 aromatic rings. The Bertz CT molecular complexity index is 935. The molecule has 27 heavy (non-hydrogen) atoms. The summed E-state index contributed by atoms with van der Waals surface area (Å²) >= 11 is 7.61. The van der Waals surface area contributed by atoms with Gasteiger partial charge in [0.15, 0.2) is 11.0 Å². The van der Waals surface area contributed by atoms with Gasteiger partial charge in [-0.15, -0.1) is 10.2 Å². The van der Waals surface area contributed by atoms with E-state index in [2.05, 4.69) is 20.5 Å². The predicted octanol–water partition coefficient (Wildman–Crippen LogP) is 4.36. The Kier molecular flexibility index (Phi) is 6.13. The van der Waals surface area contributed by atoms with Gasteiger partial charge >= 0.3 is 0 Å². The molecule has 8 heteroatoms. The molecule has 0 bridgehead atoms. The highest BCUT2D eigenvalue weighted by atomic mass is 35.5. The summed E-state index contributed by atoms with van der Waals surface area (Å²) in [6, 6.07) is 7.61. The number of nitrogens with zero attached hydrogens (tertiary/aromatic N) is 4. The molecule has 0 saturated heterocycles. The topological polar surface area (TPSA) is 72.7 Å². The molecule has 0 spiro atoms. The van der Waals surface area contributed by atoms with Crippen molar-refractivity contribution in [2.45, 2.75) is 32.5 Å². The van der Waals surface area contributed by atoms with E-state index in [0.29, 0.717) is 22.4 Å². The summed E-state index contributed by atoms with van der Waals surface area (Å²) in [5.41, 5.74) is 3.60. The fraction of sp³-hybridized carbons (Fsp3) is 0.263. The van der Waals surface area contributed by atoms with Crippen molar-refractivity contribution in [3.05, 3.63) is 52.8 Å². The standard InChI is InChI=1S/C19H20ClN5OS/c1-4-25-18(14-5-7-21-8-6-14)23-24-19(25)27-11-16(26)22-17-13(3)9-12(2)10-15(17)20/h5-10H,4,11H2,1-3H3,(H,22,26). The highest BCUT2D eigenvalue weighted by Gasteiger charge is 2.15. The summed E-state index contributed by atoms with van der Waals surface area (Å²) in [6.07, 6.45) is 3.44. The number of rotatable bonds is 6. The zero-order chi connectivity index (χ0) is 19.4. The van der Waals surface area contributed by atoms with Gasteiger partial charge in [0, 0.05) is 24.5 Å². The van der Waals surface area contributed by atoms with Crippen LogP contribution in [0.2, 0.25) is 5.02 Å². The SMILES string of the molecule is CCn1c(SCC(=O)Nc2c(C)cc(C)cc2Cl)nnc1-c1ccncc1. The Labute approximate surface area is 167 Å². The lowest BCUT2D eigenvalue weighted by Crippen LogP contribution is -2.16. The van der Waals surface area contributed by atoms with E-state index >= 15 is 0 Å². The Morgan fingerprint density at radius 1 is 1.22 bits per heavy atom. The van der Waals surface area contributed by atoms with Gasteiger partial charge in [0.05, 0.1) is 16.5 Å². The number of aromatic nitrogens is 4. The minimum absolute atomic E-state index is 0.134. The van der Waals surface area contributed by atoms with Gasteiger partial charge in [-0.25, -0.2) is 0 Å². The summed E-state index contributed by atoms with van der Waals surface area (Å²) in [5, 5.41) is 12.6. The summed E-state index contributed by atoms with van der Waals surface area (Å²) in [4.78, 5) is 16.4. The minimum Gasteiger partial charge on any atom is -0.324 e. The first kappa shape index (κ1) is 19.4. The largest absolute Gasteiger partial charge is 0.324 e. The van der Waals surface area contributed by atoms with Gasteiger partial charge in [-0.05, 0) is 50.1 Å². The first-order chi connectivity index (χ1) is 13.0. The molecule has 0 aliphatic carbocycles. The third-order valence-electron chi connectivity index (χ3n) is 4.00. The van der Waals surface area contributed by atoms with Crippen LogP contribution in [0.15, 0.2) is 41.8 Å². The number of nitrogens with one attached hydrogen (secondary N) is 1. The van der Waals surface area contributed by atoms with Crippen molar-refractivity contribution in [1.82, 2.24) is 19.7 Å². The summed E-state index contributed by atoms with van der Waals surface area (Å²) in [6.45, 7) is 6.62. The number of thioether (sulfide) groups is 1. The van der Waals surface area contributed by atoms with Crippen molar-refractivity contribution >= 4 is 35.0 Å². The quantitative estimate of drug-likeness (QED) is 0.621. The van der Waals surface area contributed by atoms with Crippen LogP contribution in [0, 0.1) is 13.8 Å². The summed E-state index contributed by atoms with van der Waals surface area (Å²) in [7, 11) is 0. The first-order valence-electron chi connectivity index (χ1n) is 8.52. The number of carbonyl (C=O) groups excluding carboxylic acids is 1. The second-order valence-corrected chi connectivity index (χ2v) is 7.41. The van der Waals surface area contributed by atoms with Gasteiger partial charge < -0.3 is 9.88 Å². The maximum atomic E-state index is 12.4. The highest BCUT2D eigenvalue weighted by Crippen LogP contribution is 2.28. The van der Waals surface area contributed by atoms with Crippen LogP contribution < -0.4 is 5.32 Å². The van der Waals surface area contributed by atoms with Crippen LogP contribution in [-0.2, 0) is 11.3 Å². The van der Waals surface area contributed by atoms with E-state index in [-0.39, 0.29) is 11.7 Å². The van der Waals surface area contributed by atoms with E-state index in [9.17, 15) is 4.79 Å². The van der Waals surface area contributed by atoms with Crippen molar-refractivity contribution in [3.63, 3.8) is 0 Å². The Balaban J connectivity index is 1.70. The molecular weight excluding hydrogens is 382 g/mol. The Morgan fingerprint density at radius 2 is 1.96 bits per heavy atom. The Hall–Kier alpha value is -2.38. The highest BCUT2D eigenvalue weighted by molar-refractivity contribution is 7.99. The van der Waals surface area contributed by atoms with Crippen molar-refractivity contribution in [3.8, 4) is 11.4 Å². The molecule has 0 aliphatic heterocycles. The van der Waals surface area contributed by atoms with Crippen molar-refractivity contribution < 1.29 is 4.79 Å². The lowest BCUT2D eigenvalue weighted by Gasteiger charge is -2.11. The van der Waals surface area contributed by atoms with Gasteiger partial charge in [0.1, 0.15) is 0 Å². The second-order valence-electron chi connectivity index (χ2n) is 6.06. The number of hydrogen-bond donors (Lipinski definition) is 1. The fourth-order valence-electron chi connectivity index (χ4n) is 2.77. The number of carbonyl (C=O) groups is 1. The molecule has 3 rings (SSSR count). The molecule has 1 amide bonds. The second kappa shape index (κ2) is 8.54. The number of hydrogen-bond acceptors (Lipinski definition) is 5. The molecule has 0 radical (unpaired) electrons. The first-order valence-corrected chi connectivity index (χ1v) is 9.89. The normalized spacial score (nSPS) is 10.8. The van der Waals surface area contributed by atoms with Crippen molar-refractivity contribution in [1.29, 1.82) is 0 Å². The fourth-order valence-corrected chi connectivity index (χ4v) is 3.95. The number of benzene rings is 1. The minimum atomic E-state index is -0.134. The van der Waals surface area contributed by atoms with E-state index in [0.717, 1.165) is 22.5 Å². The van der Waals surface area contributed by atoms with E-state index < -0.39 is 0 Å². The number of pyridine rings is 1. The zero-order valence-electron chi connectivity index (χ0n) is 15.4. The average Bonchev–Trinajstić information content (AvgIpc) is 3.06. The number of halogens is 1. The average molecular weight is 402 g/mol. The van der Waals surface area contributed by atoms with Crippen LogP contribution in [0.5, 0.6) is 0 Å². The molecule has 0 atom stereocenters. The van der Waals surface area contributed by atoms with Gasteiger partial charge in [-0.3, -0.25) is 9.78 Å². The number of aryl methyl sites for hydroxylation is 2. The van der Waals surface area contributed by atoms with Crippen LogP contribution >= 0.6 is 23.4 Å². The van der Waals surface area contributed by atoms with Crippen molar-refractivity contribution in [2.75, 3.05) is 11.1 Å². The van der Waals surface area contributed by atoms with Crippen LogP contribution in [0.3, 0.4) is 0 Å². The number of amides is 1. The lowest BCUT2D eigenvalue weighted by molar-refractivity contribution is -0.113. The third-order valence-corrected chi connectivity index (χ3v) is 5.26. The monoisotopic (exact) mass is 401 g/mol. The van der Waals surface area contributed by atoms with Gasteiger partial charge in [0.2, 0.25) is 5.91 Å². The molecule has 2 aromatic heterocycles. The lowest BCUT2D eigenvalue weighted by atomic mass is 10.1. The van der Waals surface area contributed by atoms with Crippen LogP contribution in [-0.4, -0.2) is 31.4 Å². The van der Waals surface area contributed by atoms with Crippen LogP contribution in [0.1, 0.15) is 18.1 Å². The molecule has 140 valence electrons. The van der Waals surface area contributed by atoms with Gasteiger partial charge in [-0.1, -0.05) is 29.4 Å². The molecule has 2 heterocycles. The van der Waals surface area contributed by atoms with E-state index in [1.165, 1.54) is 11.8 Å². The van der Waals surface area contributed by atoms with Crippen LogP contribution in [0.25, 0.3) is 11.4 Å². The molecule has 1 aromatic carbocycles. The summed E-state index contributed by atoms with van der Waals surface area (Å²) in [5.74, 6) is 0.850. The van der Waals surface area contributed by atoms with Crippen molar-refractivity contribution in [2.24, 2.45) is 0 Å². The third kappa shape index (κ3) is 4.48. The maximum absolute atomic E-state index is 12.4. The molecule has 0 fully saturated rings. The molecule has 6 nitrogen and oxygen atoms in total. The smallest absolute Gasteiger partial charge is 0.234 e. The van der Waals surface area contributed by atoms with Gasteiger partial charge in [0.25, 0.3) is 0 Å². The molecular formula is C19H20ClN5OS. The van der Waals surface area contributed by atoms with Crippen LogP contribution in [0.4, 0.5) is 5.69 Å². The molecule has 1 N–H and O–H groups in total. The van der Waals surface area contributed by atoms with E-state index in [1.807, 2.05) is 49.6 Å². The Morgan fingerprint density at radius 3 is 2.63 bits per heavy atom. The molecule has 0 unspecified atom stereocenters. The van der Waals surface area contributed by atoms with Gasteiger partial charge in [-0.2, -0.15) is 0 Å². The molecule has 0 aliphatic rings. The number of anilines is 1.